The van der Waals surface area contributed by atoms with Crippen LogP contribution in [0.3, 0.4) is 0 Å². The molecule has 2 aromatic rings. The number of hydrogen-bond donors (Lipinski definition) is 1. The van der Waals surface area contributed by atoms with Gasteiger partial charge in [-0.15, -0.1) is 11.3 Å². The van der Waals surface area contributed by atoms with Gasteiger partial charge in [0.1, 0.15) is 0 Å². The highest BCUT2D eigenvalue weighted by Gasteiger charge is 2.09. The fraction of sp³-hybridized carbons (Fsp3) is 0.294. The number of hydrogen-bond acceptors (Lipinski definition) is 4. The minimum atomic E-state index is 0.553. The monoisotopic (exact) mass is 297 g/mol. The summed E-state index contributed by atoms with van der Waals surface area (Å²) in [6.07, 6.45) is 9.94. The molecule has 1 atom stereocenters. The van der Waals surface area contributed by atoms with Crippen molar-refractivity contribution in [3.05, 3.63) is 47.4 Å². The SMILES string of the molecule is Cc1sc(N/N=C\[C@@H]2CC=CCC2)nc1-c1ccccc1. The predicted molar refractivity (Wildman–Crippen MR) is 90.9 cm³/mol. The molecule has 0 aliphatic heterocycles. The summed E-state index contributed by atoms with van der Waals surface area (Å²) in [7, 11) is 0. The highest BCUT2D eigenvalue weighted by molar-refractivity contribution is 7.15. The fourth-order valence-corrected chi connectivity index (χ4v) is 3.24. The highest BCUT2D eigenvalue weighted by atomic mass is 32.1. The molecule has 3 nitrogen and oxygen atoms in total. The molecule has 0 radical (unpaired) electrons. The molecule has 0 bridgehead atoms. The summed E-state index contributed by atoms with van der Waals surface area (Å²) in [5.41, 5.74) is 5.27. The molecular weight excluding hydrogens is 278 g/mol. The van der Waals surface area contributed by atoms with Crippen LogP contribution < -0.4 is 5.43 Å². The molecule has 1 aromatic carbocycles. The quantitative estimate of drug-likeness (QED) is 0.496. The van der Waals surface area contributed by atoms with E-state index in [1.54, 1.807) is 11.3 Å². The van der Waals surface area contributed by atoms with Gasteiger partial charge in [0.2, 0.25) is 5.13 Å². The van der Waals surface area contributed by atoms with Gasteiger partial charge in [0, 0.05) is 16.7 Å². The summed E-state index contributed by atoms with van der Waals surface area (Å²) in [5, 5.41) is 5.21. The number of nitrogens with one attached hydrogen (secondary N) is 1. The topological polar surface area (TPSA) is 37.3 Å². The molecule has 1 aliphatic rings. The number of allylic oxidation sites excluding steroid dienone is 2. The number of aromatic nitrogens is 1. The van der Waals surface area contributed by atoms with Gasteiger partial charge in [-0.25, -0.2) is 4.98 Å². The molecule has 1 N–H and O–H groups in total. The Hall–Kier alpha value is -1.94. The van der Waals surface area contributed by atoms with Crippen molar-refractivity contribution in [1.82, 2.24) is 4.98 Å². The van der Waals surface area contributed by atoms with E-state index in [0.717, 1.165) is 29.2 Å². The number of hydrazone groups is 1. The van der Waals surface area contributed by atoms with Gasteiger partial charge in [-0.2, -0.15) is 5.10 Å². The zero-order valence-corrected chi connectivity index (χ0v) is 12.9. The molecule has 0 saturated heterocycles. The standard InChI is InChI=1S/C17H19N3S/c1-13-16(15-10-6-3-7-11-15)19-17(21-13)20-18-12-14-8-4-2-5-9-14/h2-4,6-7,10-12,14H,5,8-9H2,1H3,(H,19,20)/b18-12-/t14-/m1/s1. The Morgan fingerprint density at radius 1 is 1.29 bits per heavy atom. The lowest BCUT2D eigenvalue weighted by atomic mass is 9.96. The maximum atomic E-state index is 4.64. The van der Waals surface area contributed by atoms with E-state index in [-0.39, 0.29) is 0 Å². The first-order valence-electron chi connectivity index (χ1n) is 7.30. The second-order valence-corrected chi connectivity index (χ2v) is 6.43. The lowest BCUT2D eigenvalue weighted by Gasteiger charge is -2.11. The molecule has 1 aromatic heterocycles. The fourth-order valence-electron chi connectivity index (χ4n) is 2.46. The van der Waals surface area contributed by atoms with Gasteiger partial charge in [-0.3, -0.25) is 5.43 Å². The molecule has 0 unspecified atom stereocenters. The third-order valence-corrected chi connectivity index (χ3v) is 4.47. The number of thiazole rings is 1. The van der Waals surface area contributed by atoms with E-state index in [1.807, 2.05) is 24.4 Å². The maximum absolute atomic E-state index is 4.64. The molecule has 0 fully saturated rings. The van der Waals surface area contributed by atoms with Crippen LogP contribution in [-0.2, 0) is 0 Å². The van der Waals surface area contributed by atoms with Crippen molar-refractivity contribution in [3.63, 3.8) is 0 Å². The van der Waals surface area contributed by atoms with Gasteiger partial charge < -0.3 is 0 Å². The first-order valence-corrected chi connectivity index (χ1v) is 8.11. The van der Waals surface area contributed by atoms with Crippen LogP contribution in [0.2, 0.25) is 0 Å². The second-order valence-electron chi connectivity index (χ2n) is 5.22. The lowest BCUT2D eigenvalue weighted by Crippen LogP contribution is -2.04. The van der Waals surface area contributed by atoms with Gasteiger partial charge in [0.15, 0.2) is 0 Å². The largest absolute Gasteiger partial charge is 0.253 e. The Labute approximate surface area is 129 Å². The average Bonchev–Trinajstić information content (AvgIpc) is 2.90. The van der Waals surface area contributed by atoms with E-state index in [4.69, 9.17) is 0 Å². The van der Waals surface area contributed by atoms with E-state index in [0.29, 0.717) is 5.92 Å². The minimum absolute atomic E-state index is 0.553. The van der Waals surface area contributed by atoms with Crippen LogP contribution in [0.4, 0.5) is 5.13 Å². The molecule has 21 heavy (non-hydrogen) atoms. The van der Waals surface area contributed by atoms with Crippen LogP contribution >= 0.6 is 11.3 Å². The van der Waals surface area contributed by atoms with Gasteiger partial charge in [-0.1, -0.05) is 42.5 Å². The summed E-state index contributed by atoms with van der Waals surface area (Å²) >= 11 is 1.65. The van der Waals surface area contributed by atoms with E-state index in [2.05, 4.69) is 46.7 Å². The van der Waals surface area contributed by atoms with Crippen LogP contribution in [0.15, 0.2) is 47.6 Å². The summed E-state index contributed by atoms with van der Waals surface area (Å²) in [5.74, 6) is 0.553. The molecule has 4 heteroatoms. The molecular formula is C17H19N3S. The lowest BCUT2D eigenvalue weighted by molar-refractivity contribution is 0.627. The normalized spacial score (nSPS) is 18.2. The molecule has 0 spiro atoms. The Kier molecular flexibility index (Phi) is 4.46. The van der Waals surface area contributed by atoms with Crippen LogP contribution in [0.25, 0.3) is 11.3 Å². The van der Waals surface area contributed by atoms with Crippen LogP contribution in [0.1, 0.15) is 24.1 Å². The van der Waals surface area contributed by atoms with Crippen LogP contribution in [0.5, 0.6) is 0 Å². The molecule has 0 saturated carbocycles. The molecule has 1 heterocycles. The maximum Gasteiger partial charge on any atom is 0.204 e. The third kappa shape index (κ3) is 3.58. The minimum Gasteiger partial charge on any atom is -0.253 e. The van der Waals surface area contributed by atoms with E-state index >= 15 is 0 Å². The first kappa shape index (κ1) is 14.0. The molecule has 108 valence electrons. The second kappa shape index (κ2) is 6.68. The summed E-state index contributed by atoms with van der Waals surface area (Å²) in [6.45, 7) is 2.10. The van der Waals surface area contributed by atoms with Crippen LogP contribution in [0, 0.1) is 12.8 Å². The zero-order valence-electron chi connectivity index (χ0n) is 12.1. The molecule has 0 amide bonds. The van der Waals surface area contributed by atoms with Gasteiger partial charge in [0.05, 0.1) is 5.69 Å². The van der Waals surface area contributed by atoms with Crippen molar-refractivity contribution in [2.75, 3.05) is 5.43 Å². The van der Waals surface area contributed by atoms with Gasteiger partial charge >= 0.3 is 0 Å². The van der Waals surface area contributed by atoms with Crippen molar-refractivity contribution in [1.29, 1.82) is 0 Å². The summed E-state index contributed by atoms with van der Waals surface area (Å²) in [6, 6.07) is 10.3. The number of benzene rings is 1. The Morgan fingerprint density at radius 3 is 2.90 bits per heavy atom. The Balaban J connectivity index is 1.67. The Bertz CT molecular complexity index is 643. The average molecular weight is 297 g/mol. The van der Waals surface area contributed by atoms with Crippen molar-refractivity contribution < 1.29 is 0 Å². The van der Waals surface area contributed by atoms with E-state index in [1.165, 1.54) is 11.3 Å². The van der Waals surface area contributed by atoms with E-state index in [9.17, 15) is 0 Å². The smallest absolute Gasteiger partial charge is 0.204 e. The van der Waals surface area contributed by atoms with E-state index < -0.39 is 0 Å². The Morgan fingerprint density at radius 2 is 2.14 bits per heavy atom. The van der Waals surface area contributed by atoms with Crippen molar-refractivity contribution >= 4 is 22.7 Å². The number of rotatable bonds is 4. The summed E-state index contributed by atoms with van der Waals surface area (Å²) in [4.78, 5) is 5.85. The van der Waals surface area contributed by atoms with Crippen molar-refractivity contribution in [2.24, 2.45) is 11.0 Å². The van der Waals surface area contributed by atoms with Gasteiger partial charge in [-0.05, 0) is 32.1 Å². The highest BCUT2D eigenvalue weighted by Crippen LogP contribution is 2.30. The molecule has 3 rings (SSSR count). The first-order chi connectivity index (χ1) is 10.3. The third-order valence-electron chi connectivity index (χ3n) is 3.60. The molecule has 1 aliphatic carbocycles. The van der Waals surface area contributed by atoms with Gasteiger partial charge in [0.25, 0.3) is 0 Å². The number of nitrogens with zero attached hydrogens (tertiary/aromatic N) is 2. The van der Waals surface area contributed by atoms with Crippen molar-refractivity contribution in [3.8, 4) is 11.3 Å². The summed E-state index contributed by atoms with van der Waals surface area (Å²) < 4.78 is 0. The predicted octanol–water partition coefficient (Wildman–Crippen LogP) is 4.87. The van der Waals surface area contributed by atoms with Crippen LogP contribution in [-0.4, -0.2) is 11.2 Å². The van der Waals surface area contributed by atoms with Crippen molar-refractivity contribution in [2.45, 2.75) is 26.2 Å². The zero-order chi connectivity index (χ0) is 14.5. The number of aryl methyl sites for hydroxylation is 1. The number of anilines is 1.